The highest BCUT2D eigenvalue weighted by atomic mass is 16.3. The molecule has 5 aliphatic rings. The molecule has 6 aromatic carbocycles. The number of hydrogen-bond donors (Lipinski definition) is 0. The van der Waals surface area contributed by atoms with Gasteiger partial charge in [-0.1, -0.05) is 119 Å². The summed E-state index contributed by atoms with van der Waals surface area (Å²) < 4.78 is 7.27. The third-order valence-electron chi connectivity index (χ3n) is 18.2. The lowest BCUT2D eigenvalue weighted by Gasteiger charge is -2.49. The zero-order valence-corrected chi connectivity index (χ0v) is 42.3. The molecular formula is C62H69BN2O. The Morgan fingerprint density at radius 3 is 1.62 bits per heavy atom. The van der Waals surface area contributed by atoms with Crippen molar-refractivity contribution < 1.29 is 4.42 Å². The van der Waals surface area contributed by atoms with Gasteiger partial charge in [-0.2, -0.15) is 0 Å². The first-order valence-electron chi connectivity index (χ1n) is 25.2. The van der Waals surface area contributed by atoms with E-state index in [4.69, 9.17) is 4.42 Å². The molecule has 0 atom stereocenters. The zero-order chi connectivity index (χ0) is 46.4. The maximum absolute atomic E-state index is 7.27. The molecule has 0 radical (unpaired) electrons. The Hall–Kier alpha value is -5.22. The Morgan fingerprint density at radius 1 is 0.439 bits per heavy atom. The molecular weight excluding hydrogens is 800 g/mol. The maximum atomic E-state index is 7.27. The van der Waals surface area contributed by atoms with Crippen LogP contribution in [0.15, 0.2) is 95.4 Å². The van der Waals surface area contributed by atoms with Crippen LogP contribution in [-0.2, 0) is 32.5 Å². The van der Waals surface area contributed by atoms with Crippen molar-refractivity contribution in [1.82, 2.24) is 0 Å². The van der Waals surface area contributed by atoms with Crippen LogP contribution < -0.4 is 20.6 Å². The number of anilines is 5. The van der Waals surface area contributed by atoms with Gasteiger partial charge in [0.1, 0.15) is 11.2 Å². The second kappa shape index (κ2) is 13.3. The molecule has 1 aromatic heterocycles. The molecule has 336 valence electrons. The minimum atomic E-state index is -0.151. The second-order valence-corrected chi connectivity index (χ2v) is 25.5. The van der Waals surface area contributed by atoms with Gasteiger partial charge in [-0.25, -0.2) is 0 Å². The summed E-state index contributed by atoms with van der Waals surface area (Å²) in [4.78, 5) is 5.44. The average Bonchev–Trinajstić information content (AvgIpc) is 3.64. The van der Waals surface area contributed by atoms with Crippen molar-refractivity contribution in [2.75, 3.05) is 9.71 Å². The van der Waals surface area contributed by atoms with Crippen molar-refractivity contribution in [3.63, 3.8) is 0 Å². The van der Waals surface area contributed by atoms with E-state index in [1.54, 1.807) is 0 Å². The van der Waals surface area contributed by atoms with E-state index in [0.717, 1.165) is 11.2 Å². The molecule has 0 saturated carbocycles. The first-order chi connectivity index (χ1) is 31.0. The van der Waals surface area contributed by atoms with Crippen LogP contribution in [0.5, 0.6) is 0 Å². The Labute approximate surface area is 395 Å². The molecule has 3 nitrogen and oxygen atoms in total. The topological polar surface area (TPSA) is 19.6 Å². The Bertz CT molecular complexity index is 3260. The normalized spacial score (nSPS) is 20.8. The van der Waals surface area contributed by atoms with E-state index in [1.165, 1.54) is 144 Å². The fourth-order valence-electron chi connectivity index (χ4n) is 13.6. The van der Waals surface area contributed by atoms with Crippen molar-refractivity contribution in [3.05, 3.63) is 136 Å². The van der Waals surface area contributed by atoms with Gasteiger partial charge in [-0.05, 0) is 195 Å². The molecule has 66 heavy (non-hydrogen) atoms. The fourth-order valence-corrected chi connectivity index (χ4v) is 13.6. The fraction of sp³-hybridized carbons (Fsp3) is 0.419. The maximum Gasteiger partial charge on any atom is 0.336 e. The molecule has 2 aliphatic heterocycles. The van der Waals surface area contributed by atoms with Crippen LogP contribution in [0.1, 0.15) is 166 Å². The van der Waals surface area contributed by atoms with Crippen LogP contribution in [0.2, 0.25) is 0 Å². The van der Waals surface area contributed by atoms with E-state index < -0.39 is 0 Å². The molecule has 0 unspecified atom stereocenters. The standard InChI is InChI=1S/C62H69BN2O/c1-36-29-42-41-33-46-48(62(13,14)28-26-60(46,9)10)35-51(41)65(38-19-21-43-45(32-38)59(7,8)24-23-57(43,3)4)63-54(42)52(30-36)64(49-22-20-40-39-17-15-16-18-53(39)66-56(40)55(49)63)50-34-47-44(31-37(50)2)58(5,6)25-27-61(47,11)12/h15-22,29-35H,23-28H2,1-14H3. The second-order valence-electron chi connectivity index (χ2n) is 25.5. The molecule has 3 heterocycles. The van der Waals surface area contributed by atoms with E-state index in [1.807, 2.05) is 0 Å². The van der Waals surface area contributed by atoms with Crippen LogP contribution >= 0.6 is 0 Å². The average molecular weight is 869 g/mol. The molecule has 3 aliphatic carbocycles. The highest BCUT2D eigenvalue weighted by molar-refractivity contribution is 6.95. The number of benzene rings is 6. The number of fused-ring (bicyclic) bond motifs is 11. The summed E-state index contributed by atoms with van der Waals surface area (Å²) in [5, 5.41) is 2.35. The van der Waals surface area contributed by atoms with Crippen LogP contribution in [0.25, 0.3) is 33.1 Å². The van der Waals surface area contributed by atoms with Crippen molar-refractivity contribution in [1.29, 1.82) is 0 Å². The van der Waals surface area contributed by atoms with Crippen molar-refractivity contribution in [3.8, 4) is 11.1 Å². The van der Waals surface area contributed by atoms with E-state index >= 15 is 0 Å². The van der Waals surface area contributed by atoms with Crippen molar-refractivity contribution >= 4 is 68.1 Å². The van der Waals surface area contributed by atoms with Gasteiger partial charge < -0.3 is 14.1 Å². The Morgan fingerprint density at radius 2 is 0.985 bits per heavy atom. The molecule has 0 N–H and O–H groups in total. The minimum absolute atomic E-state index is 0.0467. The lowest BCUT2D eigenvalue weighted by Crippen LogP contribution is -2.62. The molecule has 7 aromatic rings. The lowest BCUT2D eigenvalue weighted by atomic mass is 9.43. The minimum Gasteiger partial charge on any atom is -0.456 e. The van der Waals surface area contributed by atoms with E-state index in [0.29, 0.717) is 0 Å². The predicted molar refractivity (Wildman–Crippen MR) is 283 cm³/mol. The molecule has 0 saturated heterocycles. The van der Waals surface area contributed by atoms with Crippen LogP contribution in [0.4, 0.5) is 28.4 Å². The number of rotatable bonds is 2. The summed E-state index contributed by atoms with van der Waals surface area (Å²) in [7, 11) is 0. The van der Waals surface area contributed by atoms with Gasteiger partial charge in [0.2, 0.25) is 0 Å². The van der Waals surface area contributed by atoms with Crippen molar-refractivity contribution in [2.45, 2.75) is 168 Å². The molecule has 12 rings (SSSR count). The first kappa shape index (κ1) is 42.2. The molecule has 0 bridgehead atoms. The van der Waals surface area contributed by atoms with Crippen LogP contribution in [0.3, 0.4) is 0 Å². The lowest BCUT2D eigenvalue weighted by molar-refractivity contribution is 0.332. The SMILES string of the molecule is Cc1cc2c3c(c1)N(c1cc4c(cc1C)C(C)(C)CCC4(C)C)c1ccc4c(oc5ccccc54)c1B3N(c1ccc3c(c1)C(C)(C)CCC3(C)C)c1cc3c(cc1-2)C(C)(C)CCC3(C)C. The summed E-state index contributed by atoms with van der Waals surface area (Å²) in [5.41, 5.74) is 25.6. The van der Waals surface area contributed by atoms with Gasteiger partial charge in [0.25, 0.3) is 0 Å². The van der Waals surface area contributed by atoms with Gasteiger partial charge in [-0.15, -0.1) is 0 Å². The first-order valence-corrected chi connectivity index (χ1v) is 25.2. The number of furan rings is 1. The smallest absolute Gasteiger partial charge is 0.336 e. The highest BCUT2D eigenvalue weighted by Crippen LogP contribution is 2.56. The van der Waals surface area contributed by atoms with Gasteiger partial charge in [-0.3, -0.25) is 0 Å². The summed E-state index contributed by atoms with van der Waals surface area (Å²) in [6.07, 6.45) is 7.08. The molecule has 0 spiro atoms. The van der Waals surface area contributed by atoms with E-state index in [2.05, 4.69) is 198 Å². The molecule has 4 heteroatoms. The van der Waals surface area contributed by atoms with E-state index in [9.17, 15) is 0 Å². The van der Waals surface area contributed by atoms with Crippen molar-refractivity contribution in [2.24, 2.45) is 0 Å². The number of para-hydroxylation sites is 1. The van der Waals surface area contributed by atoms with Gasteiger partial charge in [0, 0.05) is 50.2 Å². The quantitative estimate of drug-likeness (QED) is 0.161. The third-order valence-corrected chi connectivity index (χ3v) is 18.2. The highest BCUT2D eigenvalue weighted by Gasteiger charge is 2.50. The van der Waals surface area contributed by atoms with E-state index in [-0.39, 0.29) is 39.3 Å². The van der Waals surface area contributed by atoms with Gasteiger partial charge >= 0.3 is 6.85 Å². The number of aryl methyl sites for hydroxylation is 2. The van der Waals surface area contributed by atoms with Gasteiger partial charge in [0.05, 0.1) is 0 Å². The van der Waals surface area contributed by atoms with Crippen LogP contribution in [0, 0.1) is 13.8 Å². The zero-order valence-electron chi connectivity index (χ0n) is 42.3. The van der Waals surface area contributed by atoms with Crippen LogP contribution in [-0.4, -0.2) is 6.85 Å². The summed E-state index contributed by atoms with van der Waals surface area (Å²) in [6.45, 7) is 34.1. The summed E-state index contributed by atoms with van der Waals surface area (Å²) >= 11 is 0. The number of nitrogens with zero attached hydrogens (tertiary/aromatic N) is 2. The number of hydrogen-bond acceptors (Lipinski definition) is 3. The predicted octanol–water partition coefficient (Wildman–Crippen LogP) is 16.0. The summed E-state index contributed by atoms with van der Waals surface area (Å²) in [5.74, 6) is 0. The third kappa shape index (κ3) is 5.75. The molecule has 0 amide bonds. The molecule has 0 fully saturated rings. The van der Waals surface area contributed by atoms with Gasteiger partial charge in [0.15, 0.2) is 0 Å². The Balaban J connectivity index is 1.24. The largest absolute Gasteiger partial charge is 0.456 e. The monoisotopic (exact) mass is 869 g/mol. The Kier molecular flexibility index (Phi) is 8.48. The summed E-state index contributed by atoms with van der Waals surface area (Å²) in [6, 6.07) is 36.5.